The number of aliphatic hydroxyl groups is 2. The summed E-state index contributed by atoms with van der Waals surface area (Å²) in [4.78, 5) is 25.8. The van der Waals surface area contributed by atoms with Gasteiger partial charge in [0, 0.05) is 16.1 Å². The van der Waals surface area contributed by atoms with E-state index < -0.39 is 23.3 Å². The smallest absolute Gasteiger partial charge is 0.327 e. The van der Waals surface area contributed by atoms with Gasteiger partial charge in [0.2, 0.25) is 11.5 Å². The molecular weight excluding hydrogens is 320 g/mol. The summed E-state index contributed by atoms with van der Waals surface area (Å²) in [6, 6.07) is 11.7. The molecule has 116 valence electrons. The second-order valence-corrected chi connectivity index (χ2v) is 5.94. The van der Waals surface area contributed by atoms with Gasteiger partial charge in [-0.1, -0.05) is 41.9 Å². The van der Waals surface area contributed by atoms with Crippen LogP contribution in [0.2, 0.25) is 5.02 Å². The molecule has 1 aliphatic heterocycles. The molecule has 0 unspecified atom stereocenters. The first kappa shape index (κ1) is 14.2. The van der Waals surface area contributed by atoms with Crippen molar-refractivity contribution in [1.29, 1.82) is 0 Å². The molecule has 1 fully saturated rings. The Labute approximate surface area is 135 Å². The number of urea groups is 1. The number of Topliss-reactive ketones (excluding diaryl/α,β-unsaturated/α-hetero) is 1. The SMILES string of the molecule is O=C1N[C@@]2(O)C(=O)c3ccccc3[C@@]2(O)N1c1cccc(Cl)c1. The number of fused-ring (bicyclic) bond motifs is 3. The lowest BCUT2D eigenvalue weighted by Gasteiger charge is -2.35. The van der Waals surface area contributed by atoms with Crippen LogP contribution in [0.5, 0.6) is 0 Å². The number of nitrogens with one attached hydrogen (secondary N) is 1. The number of ketones is 1. The van der Waals surface area contributed by atoms with E-state index in [1.165, 1.54) is 18.2 Å². The monoisotopic (exact) mass is 330 g/mol. The second kappa shape index (κ2) is 4.32. The highest BCUT2D eigenvalue weighted by Gasteiger charge is 2.72. The van der Waals surface area contributed by atoms with E-state index in [4.69, 9.17) is 11.6 Å². The van der Waals surface area contributed by atoms with Gasteiger partial charge in [0.05, 0.1) is 5.69 Å². The Morgan fingerprint density at radius 1 is 1.04 bits per heavy atom. The predicted molar refractivity (Wildman–Crippen MR) is 82.1 cm³/mol. The highest BCUT2D eigenvalue weighted by Crippen LogP contribution is 2.50. The maximum Gasteiger partial charge on any atom is 0.327 e. The van der Waals surface area contributed by atoms with Crippen LogP contribution in [0.3, 0.4) is 0 Å². The lowest BCUT2D eigenvalue weighted by molar-refractivity contribution is -0.109. The summed E-state index contributed by atoms with van der Waals surface area (Å²) in [5.74, 6) is -0.756. The summed E-state index contributed by atoms with van der Waals surface area (Å²) < 4.78 is 0. The quantitative estimate of drug-likeness (QED) is 0.741. The highest BCUT2D eigenvalue weighted by atomic mass is 35.5. The van der Waals surface area contributed by atoms with E-state index in [9.17, 15) is 19.8 Å². The van der Waals surface area contributed by atoms with Gasteiger partial charge in [0.15, 0.2) is 0 Å². The van der Waals surface area contributed by atoms with Gasteiger partial charge in [-0.3, -0.25) is 15.0 Å². The molecule has 7 heteroatoms. The summed E-state index contributed by atoms with van der Waals surface area (Å²) in [5.41, 5.74) is -4.12. The summed E-state index contributed by atoms with van der Waals surface area (Å²) in [7, 11) is 0. The van der Waals surface area contributed by atoms with Gasteiger partial charge >= 0.3 is 6.03 Å². The molecule has 0 radical (unpaired) electrons. The molecule has 6 nitrogen and oxygen atoms in total. The minimum Gasteiger partial charge on any atom is -0.362 e. The molecule has 2 amide bonds. The summed E-state index contributed by atoms with van der Waals surface area (Å²) in [6.07, 6.45) is 0. The normalized spacial score (nSPS) is 28.6. The Morgan fingerprint density at radius 3 is 2.52 bits per heavy atom. The minimum absolute atomic E-state index is 0.157. The Morgan fingerprint density at radius 2 is 1.78 bits per heavy atom. The predicted octanol–water partition coefficient (Wildman–Crippen LogP) is 1.60. The van der Waals surface area contributed by atoms with E-state index >= 15 is 0 Å². The largest absolute Gasteiger partial charge is 0.362 e. The molecule has 2 aromatic rings. The average molecular weight is 331 g/mol. The fourth-order valence-electron chi connectivity index (χ4n) is 3.24. The Hall–Kier alpha value is -2.41. The molecule has 2 aliphatic rings. The van der Waals surface area contributed by atoms with Crippen molar-refractivity contribution in [3.63, 3.8) is 0 Å². The van der Waals surface area contributed by atoms with E-state index in [0.29, 0.717) is 5.02 Å². The standard InChI is InChI=1S/C16H11ClN2O4/c17-9-4-3-5-10(8-9)19-14(21)18-15(22)13(20)11-6-1-2-7-12(11)16(15,19)23/h1-8,22-23H,(H,18,21)/t15-,16+/m1/s1. The molecule has 1 aliphatic carbocycles. The molecule has 2 atom stereocenters. The van der Waals surface area contributed by atoms with Crippen LogP contribution in [0.4, 0.5) is 10.5 Å². The Kier molecular flexibility index (Phi) is 2.67. The van der Waals surface area contributed by atoms with Gasteiger partial charge in [-0.15, -0.1) is 0 Å². The van der Waals surface area contributed by atoms with E-state index in [1.807, 2.05) is 0 Å². The molecule has 1 saturated heterocycles. The van der Waals surface area contributed by atoms with Gasteiger partial charge < -0.3 is 10.2 Å². The number of anilines is 1. The number of nitrogens with zero attached hydrogens (tertiary/aromatic N) is 1. The van der Waals surface area contributed by atoms with E-state index in [1.54, 1.807) is 30.3 Å². The third kappa shape index (κ3) is 1.55. The van der Waals surface area contributed by atoms with Crippen LogP contribution >= 0.6 is 11.6 Å². The van der Waals surface area contributed by atoms with Crippen molar-refractivity contribution in [3.8, 4) is 0 Å². The van der Waals surface area contributed by atoms with Crippen molar-refractivity contribution in [3.05, 3.63) is 64.7 Å². The van der Waals surface area contributed by atoms with E-state index in [2.05, 4.69) is 5.32 Å². The van der Waals surface area contributed by atoms with Crippen LogP contribution in [0.15, 0.2) is 48.5 Å². The first-order valence-electron chi connectivity index (χ1n) is 6.86. The van der Waals surface area contributed by atoms with E-state index in [-0.39, 0.29) is 16.8 Å². The highest BCUT2D eigenvalue weighted by molar-refractivity contribution is 6.31. The summed E-state index contributed by atoms with van der Waals surface area (Å²) >= 11 is 5.95. The second-order valence-electron chi connectivity index (χ2n) is 5.50. The van der Waals surface area contributed by atoms with Crippen molar-refractivity contribution >= 4 is 29.1 Å². The van der Waals surface area contributed by atoms with Crippen LogP contribution in [0, 0.1) is 0 Å². The first-order valence-corrected chi connectivity index (χ1v) is 7.24. The number of amides is 2. The fraction of sp³-hybridized carbons (Fsp3) is 0.125. The van der Waals surface area contributed by atoms with Gasteiger partial charge in [0.25, 0.3) is 5.72 Å². The zero-order valence-corrected chi connectivity index (χ0v) is 12.4. The number of rotatable bonds is 1. The molecule has 0 spiro atoms. The van der Waals surface area contributed by atoms with Crippen LogP contribution in [0.1, 0.15) is 15.9 Å². The van der Waals surface area contributed by atoms with Crippen molar-refractivity contribution in [1.82, 2.24) is 5.32 Å². The van der Waals surface area contributed by atoms with Crippen LogP contribution in [0.25, 0.3) is 0 Å². The van der Waals surface area contributed by atoms with Crippen LogP contribution < -0.4 is 10.2 Å². The molecule has 0 bridgehead atoms. The molecule has 4 rings (SSSR count). The summed E-state index contributed by atoms with van der Waals surface area (Å²) in [5, 5.41) is 24.5. The molecule has 3 N–H and O–H groups in total. The number of hydrogen-bond acceptors (Lipinski definition) is 4. The van der Waals surface area contributed by atoms with Crippen LogP contribution in [-0.2, 0) is 5.72 Å². The van der Waals surface area contributed by atoms with Gasteiger partial charge in [-0.25, -0.2) is 4.79 Å². The molecule has 0 saturated carbocycles. The van der Waals surface area contributed by atoms with Gasteiger partial charge in [0.1, 0.15) is 0 Å². The zero-order chi connectivity index (χ0) is 16.4. The van der Waals surface area contributed by atoms with Crippen molar-refractivity contribution in [2.24, 2.45) is 0 Å². The van der Waals surface area contributed by atoms with Crippen LogP contribution in [-0.4, -0.2) is 27.8 Å². The first-order chi connectivity index (χ1) is 10.9. The maximum atomic E-state index is 12.5. The van der Waals surface area contributed by atoms with E-state index in [0.717, 1.165) is 4.90 Å². The molecular formula is C16H11ClN2O4. The van der Waals surface area contributed by atoms with Crippen molar-refractivity contribution in [2.45, 2.75) is 11.4 Å². The fourth-order valence-corrected chi connectivity index (χ4v) is 3.42. The number of halogens is 1. The Bertz CT molecular complexity index is 871. The number of carbonyl (C=O) groups is 2. The molecule has 0 aromatic heterocycles. The third-order valence-electron chi connectivity index (χ3n) is 4.26. The number of hydrogen-bond donors (Lipinski definition) is 3. The van der Waals surface area contributed by atoms with Gasteiger partial charge in [-0.2, -0.15) is 0 Å². The number of benzene rings is 2. The van der Waals surface area contributed by atoms with Crippen molar-refractivity contribution in [2.75, 3.05) is 4.90 Å². The number of carbonyl (C=O) groups excluding carboxylic acids is 2. The zero-order valence-electron chi connectivity index (χ0n) is 11.7. The molecule has 2 aromatic carbocycles. The lowest BCUT2D eigenvalue weighted by Crippen LogP contribution is -2.59. The third-order valence-corrected chi connectivity index (χ3v) is 4.50. The Balaban J connectivity index is 2.00. The average Bonchev–Trinajstić information content (AvgIpc) is 2.83. The molecule has 1 heterocycles. The summed E-state index contributed by atoms with van der Waals surface area (Å²) in [6.45, 7) is 0. The van der Waals surface area contributed by atoms with Crippen molar-refractivity contribution < 1.29 is 19.8 Å². The van der Waals surface area contributed by atoms with Gasteiger partial charge in [-0.05, 0) is 18.2 Å². The lowest BCUT2D eigenvalue weighted by atomic mass is 9.98. The minimum atomic E-state index is -2.45. The molecule has 23 heavy (non-hydrogen) atoms. The topological polar surface area (TPSA) is 89.9 Å². The maximum absolute atomic E-state index is 12.5.